The molecular formula is C22H32O4. The maximum atomic E-state index is 11.5. The van der Waals surface area contributed by atoms with Crippen LogP contribution < -0.4 is 0 Å². The average molecular weight is 360 g/mol. The second-order valence-electron chi connectivity index (χ2n) is 10.5. The summed E-state index contributed by atoms with van der Waals surface area (Å²) in [4.78, 5) is 22.3. The van der Waals surface area contributed by atoms with Crippen molar-refractivity contribution in [3.05, 3.63) is 12.2 Å². The molecule has 3 fully saturated rings. The molecule has 144 valence electrons. The summed E-state index contributed by atoms with van der Waals surface area (Å²) in [6.07, 6.45) is 14.7. The van der Waals surface area contributed by atoms with E-state index in [1.54, 1.807) is 0 Å². The Hall–Kier alpha value is -1.32. The second-order valence-corrected chi connectivity index (χ2v) is 10.5. The first-order valence-electron chi connectivity index (χ1n) is 10.2. The van der Waals surface area contributed by atoms with Gasteiger partial charge in [0.2, 0.25) is 0 Å². The summed E-state index contributed by atoms with van der Waals surface area (Å²) >= 11 is 0. The zero-order valence-corrected chi connectivity index (χ0v) is 16.3. The topological polar surface area (TPSA) is 63.6 Å². The summed E-state index contributed by atoms with van der Waals surface area (Å²) in [6, 6.07) is 0. The van der Waals surface area contributed by atoms with Crippen LogP contribution >= 0.6 is 0 Å². The van der Waals surface area contributed by atoms with Crippen molar-refractivity contribution in [3.8, 4) is 0 Å². The van der Waals surface area contributed by atoms with E-state index in [9.17, 15) is 9.59 Å². The summed E-state index contributed by atoms with van der Waals surface area (Å²) in [5, 5.41) is 8.85. The number of carboxylic acid groups (broad SMARTS) is 1. The predicted octanol–water partition coefficient (Wildman–Crippen LogP) is 4.58. The van der Waals surface area contributed by atoms with Crippen molar-refractivity contribution < 1.29 is 19.4 Å². The number of hydrogen-bond donors (Lipinski definition) is 1. The first kappa shape index (κ1) is 18.1. The molecule has 1 N–H and O–H groups in total. The zero-order valence-electron chi connectivity index (χ0n) is 16.3. The van der Waals surface area contributed by atoms with Crippen LogP contribution in [0.5, 0.6) is 0 Å². The minimum atomic E-state index is -1.49. The van der Waals surface area contributed by atoms with Crippen molar-refractivity contribution in [2.75, 3.05) is 6.61 Å². The summed E-state index contributed by atoms with van der Waals surface area (Å²) in [5.41, 5.74) is 0.919. The molecule has 0 aromatic rings. The maximum Gasteiger partial charge on any atom is 0.417 e. The van der Waals surface area contributed by atoms with Crippen molar-refractivity contribution in [2.24, 2.45) is 33.5 Å². The quantitative estimate of drug-likeness (QED) is 0.445. The minimum Gasteiger partial charge on any atom is -0.473 e. The lowest BCUT2D eigenvalue weighted by molar-refractivity contribution is -0.178. The average Bonchev–Trinajstić information content (AvgIpc) is 2.82. The fourth-order valence-electron chi connectivity index (χ4n) is 7.73. The number of rotatable bonds is 2. The van der Waals surface area contributed by atoms with Crippen LogP contribution in [0.25, 0.3) is 0 Å². The Bertz CT molecular complexity index is 669. The first-order valence-corrected chi connectivity index (χ1v) is 10.2. The fraction of sp³-hybridized carbons (Fsp3) is 0.818. The molecule has 26 heavy (non-hydrogen) atoms. The van der Waals surface area contributed by atoms with E-state index in [0.29, 0.717) is 22.7 Å². The molecule has 2 unspecified atom stereocenters. The Kier molecular flexibility index (Phi) is 3.88. The summed E-state index contributed by atoms with van der Waals surface area (Å²) in [6.45, 7) is 7.36. The van der Waals surface area contributed by atoms with Gasteiger partial charge in [-0.05, 0) is 73.0 Å². The molecule has 2 bridgehead atoms. The van der Waals surface area contributed by atoms with E-state index in [0.717, 1.165) is 19.3 Å². The van der Waals surface area contributed by atoms with Crippen LogP contribution in [0.1, 0.15) is 72.1 Å². The molecule has 3 saturated carbocycles. The van der Waals surface area contributed by atoms with Gasteiger partial charge in [-0.1, -0.05) is 39.3 Å². The third-order valence-corrected chi connectivity index (χ3v) is 8.75. The number of carbonyl (C=O) groups is 2. The molecule has 0 amide bonds. The van der Waals surface area contributed by atoms with Gasteiger partial charge in [-0.2, -0.15) is 0 Å². The third kappa shape index (κ3) is 2.47. The van der Waals surface area contributed by atoms with Crippen LogP contribution in [0, 0.1) is 33.5 Å². The van der Waals surface area contributed by atoms with Crippen molar-refractivity contribution in [3.63, 3.8) is 0 Å². The molecule has 0 aromatic carbocycles. The molecule has 0 radical (unpaired) electrons. The molecule has 4 nitrogen and oxygen atoms in total. The molecule has 1 spiro atoms. The largest absolute Gasteiger partial charge is 0.473 e. The molecule has 4 heteroatoms. The summed E-state index contributed by atoms with van der Waals surface area (Å²) < 4.78 is 5.20. The van der Waals surface area contributed by atoms with Gasteiger partial charge in [0, 0.05) is 5.41 Å². The van der Waals surface area contributed by atoms with Gasteiger partial charge in [0.15, 0.2) is 0 Å². The lowest BCUT2D eigenvalue weighted by Gasteiger charge is -2.64. The molecular weight excluding hydrogens is 328 g/mol. The Morgan fingerprint density at radius 3 is 2.50 bits per heavy atom. The van der Waals surface area contributed by atoms with Gasteiger partial charge in [-0.25, -0.2) is 9.59 Å². The number of esters is 1. The molecule has 0 aliphatic heterocycles. The standard InChI is InChI=1S/C22H32O4/c1-19-9-5-16-21(3)8-4-7-20(2,14-26-18(25)17(23)24)15(21)6-10-22(16,13-19)12-11-19/h11-12,15-16H,4-10,13-14H2,1-3H3,(H,23,24)/t15?,16?,19-,20-,21-,22+/m1/s1. The number of fused-ring (bicyclic) bond motifs is 3. The van der Waals surface area contributed by atoms with Gasteiger partial charge in [0.05, 0.1) is 6.61 Å². The highest BCUT2D eigenvalue weighted by atomic mass is 16.6. The Labute approximate surface area is 156 Å². The predicted molar refractivity (Wildman–Crippen MR) is 98.4 cm³/mol. The molecule has 6 atom stereocenters. The second kappa shape index (κ2) is 5.59. The summed E-state index contributed by atoms with van der Waals surface area (Å²) in [5.74, 6) is -1.40. The van der Waals surface area contributed by atoms with Crippen molar-refractivity contribution >= 4 is 11.9 Å². The van der Waals surface area contributed by atoms with E-state index < -0.39 is 11.9 Å². The molecule has 4 aliphatic rings. The van der Waals surface area contributed by atoms with Gasteiger partial charge in [0.1, 0.15) is 0 Å². The van der Waals surface area contributed by atoms with Crippen LogP contribution in [0.15, 0.2) is 12.2 Å². The van der Waals surface area contributed by atoms with Gasteiger partial charge >= 0.3 is 11.9 Å². The molecule has 4 aliphatic carbocycles. The van der Waals surface area contributed by atoms with Crippen molar-refractivity contribution in [1.29, 1.82) is 0 Å². The number of carboxylic acids is 1. The van der Waals surface area contributed by atoms with Crippen molar-refractivity contribution in [2.45, 2.75) is 72.1 Å². The Balaban J connectivity index is 1.60. The highest BCUT2D eigenvalue weighted by molar-refractivity contribution is 6.28. The van der Waals surface area contributed by atoms with E-state index >= 15 is 0 Å². The van der Waals surface area contributed by atoms with Crippen LogP contribution in [0.4, 0.5) is 0 Å². The number of allylic oxidation sites excluding steroid dienone is 2. The van der Waals surface area contributed by atoms with Crippen molar-refractivity contribution in [1.82, 2.24) is 0 Å². The van der Waals surface area contributed by atoms with E-state index in [4.69, 9.17) is 9.84 Å². The van der Waals surface area contributed by atoms with Crippen LogP contribution in [0.3, 0.4) is 0 Å². The highest BCUT2D eigenvalue weighted by Gasteiger charge is 2.63. The van der Waals surface area contributed by atoms with E-state index in [1.807, 2.05) is 0 Å². The monoisotopic (exact) mass is 360 g/mol. The van der Waals surface area contributed by atoms with Crippen LogP contribution in [-0.2, 0) is 14.3 Å². The molecule has 0 saturated heterocycles. The third-order valence-electron chi connectivity index (χ3n) is 8.75. The van der Waals surface area contributed by atoms with E-state index in [-0.39, 0.29) is 17.4 Å². The first-order chi connectivity index (χ1) is 12.1. The van der Waals surface area contributed by atoms with Crippen LogP contribution in [-0.4, -0.2) is 23.7 Å². The number of hydrogen-bond acceptors (Lipinski definition) is 3. The Morgan fingerprint density at radius 1 is 1.04 bits per heavy atom. The number of aliphatic carboxylic acids is 1. The smallest absolute Gasteiger partial charge is 0.417 e. The van der Waals surface area contributed by atoms with E-state index in [2.05, 4.69) is 32.9 Å². The Morgan fingerprint density at radius 2 is 1.77 bits per heavy atom. The highest BCUT2D eigenvalue weighted by Crippen LogP contribution is 2.71. The van der Waals surface area contributed by atoms with Gasteiger partial charge in [-0.3, -0.25) is 0 Å². The molecule has 0 aromatic heterocycles. The normalized spacial score (nSPS) is 49.2. The van der Waals surface area contributed by atoms with E-state index in [1.165, 1.54) is 32.1 Å². The fourth-order valence-corrected chi connectivity index (χ4v) is 7.73. The number of ether oxygens (including phenoxy) is 1. The van der Waals surface area contributed by atoms with Gasteiger partial charge < -0.3 is 9.84 Å². The summed E-state index contributed by atoms with van der Waals surface area (Å²) in [7, 11) is 0. The lowest BCUT2D eigenvalue weighted by atomic mass is 9.40. The minimum absolute atomic E-state index is 0.108. The molecule has 4 rings (SSSR count). The maximum absolute atomic E-state index is 11.5. The van der Waals surface area contributed by atoms with Gasteiger partial charge in [0.25, 0.3) is 0 Å². The SMILES string of the molecule is C[C@]12C=C[C@@]3(CCC4[C@@](C)(COC(=O)C(=O)O)CCC[C@@]4(C)C3CC1)C2. The lowest BCUT2D eigenvalue weighted by Crippen LogP contribution is -2.58. The van der Waals surface area contributed by atoms with Crippen LogP contribution in [0.2, 0.25) is 0 Å². The van der Waals surface area contributed by atoms with Gasteiger partial charge in [-0.15, -0.1) is 0 Å². The zero-order chi connectivity index (χ0) is 18.8. The number of carbonyl (C=O) groups excluding carboxylic acids is 1. The molecule has 0 heterocycles.